The minimum atomic E-state index is -0.309. The maximum absolute atomic E-state index is 12.7. The van der Waals surface area contributed by atoms with E-state index in [4.69, 9.17) is 39.8 Å². The van der Waals surface area contributed by atoms with Gasteiger partial charge in [-0.15, -0.1) is 0 Å². The molecule has 1 saturated heterocycles. The molecule has 0 aliphatic carbocycles. The number of para-hydroxylation sites is 1. The van der Waals surface area contributed by atoms with Crippen LogP contribution in [0.1, 0.15) is 30.0 Å². The number of nitrogens with zero attached hydrogens (tertiary/aromatic N) is 2. The van der Waals surface area contributed by atoms with Gasteiger partial charge in [0.2, 0.25) is 5.91 Å². The van der Waals surface area contributed by atoms with Crippen LogP contribution in [0.3, 0.4) is 0 Å². The predicted molar refractivity (Wildman–Crippen MR) is 146 cm³/mol. The van der Waals surface area contributed by atoms with Gasteiger partial charge in [0.05, 0.1) is 16.8 Å². The number of furan rings is 1. The SMILES string of the molecule is O=C(CCN1C(=S)N[C@H](c2ccccn2)[C@@H]1c1ccc(-c2ccc(Cl)cc2Cl)o1)Nc1ccccc1. The monoisotopic (exact) mass is 536 g/mol. The summed E-state index contributed by atoms with van der Waals surface area (Å²) >= 11 is 18.2. The molecule has 5 rings (SSSR count). The zero-order valence-corrected chi connectivity index (χ0v) is 21.4. The fourth-order valence-electron chi connectivity index (χ4n) is 4.27. The van der Waals surface area contributed by atoms with Crippen LogP contribution >= 0.6 is 35.4 Å². The second kappa shape index (κ2) is 10.7. The smallest absolute Gasteiger partial charge is 0.226 e. The van der Waals surface area contributed by atoms with E-state index in [2.05, 4.69) is 15.6 Å². The number of benzene rings is 2. The summed E-state index contributed by atoms with van der Waals surface area (Å²) in [7, 11) is 0. The highest BCUT2D eigenvalue weighted by molar-refractivity contribution is 7.80. The van der Waals surface area contributed by atoms with Crippen LogP contribution in [0.2, 0.25) is 10.0 Å². The quantitative estimate of drug-likeness (QED) is 0.257. The second-order valence-electron chi connectivity index (χ2n) is 8.31. The van der Waals surface area contributed by atoms with Crippen LogP contribution in [0, 0.1) is 0 Å². The normalized spacial score (nSPS) is 17.2. The summed E-state index contributed by atoms with van der Waals surface area (Å²) in [4.78, 5) is 19.2. The third kappa shape index (κ3) is 5.23. The molecule has 0 saturated carbocycles. The maximum atomic E-state index is 12.7. The summed E-state index contributed by atoms with van der Waals surface area (Å²) in [5.74, 6) is 1.20. The van der Waals surface area contributed by atoms with Gasteiger partial charge in [-0.1, -0.05) is 47.5 Å². The largest absolute Gasteiger partial charge is 0.459 e. The minimum Gasteiger partial charge on any atom is -0.459 e. The van der Waals surface area contributed by atoms with E-state index in [1.165, 1.54) is 0 Å². The zero-order chi connectivity index (χ0) is 25.1. The third-order valence-electron chi connectivity index (χ3n) is 5.95. The lowest BCUT2D eigenvalue weighted by Crippen LogP contribution is -2.32. The van der Waals surface area contributed by atoms with Crippen LogP contribution in [0.4, 0.5) is 5.69 Å². The van der Waals surface area contributed by atoms with Gasteiger partial charge in [-0.3, -0.25) is 9.78 Å². The van der Waals surface area contributed by atoms with E-state index in [0.717, 1.165) is 16.9 Å². The van der Waals surface area contributed by atoms with Crippen molar-refractivity contribution in [2.45, 2.75) is 18.5 Å². The highest BCUT2D eigenvalue weighted by atomic mass is 35.5. The Bertz CT molecular complexity index is 1380. The number of hydrogen-bond donors (Lipinski definition) is 2. The minimum absolute atomic E-state index is 0.0999. The Morgan fingerprint density at radius 2 is 1.86 bits per heavy atom. The summed E-state index contributed by atoms with van der Waals surface area (Å²) in [6.07, 6.45) is 1.99. The Morgan fingerprint density at radius 3 is 2.61 bits per heavy atom. The lowest BCUT2D eigenvalue weighted by atomic mass is 10.0. The molecule has 36 heavy (non-hydrogen) atoms. The summed E-state index contributed by atoms with van der Waals surface area (Å²) < 4.78 is 6.31. The molecule has 2 atom stereocenters. The molecule has 9 heteroatoms. The lowest BCUT2D eigenvalue weighted by Gasteiger charge is -2.25. The predicted octanol–water partition coefficient (Wildman–Crippen LogP) is 6.65. The maximum Gasteiger partial charge on any atom is 0.226 e. The Labute approximate surface area is 224 Å². The number of nitrogens with one attached hydrogen (secondary N) is 2. The van der Waals surface area contributed by atoms with Crippen LogP contribution in [0.25, 0.3) is 11.3 Å². The first-order valence-corrected chi connectivity index (χ1v) is 12.5. The van der Waals surface area contributed by atoms with E-state index in [1.807, 2.05) is 71.6 Å². The van der Waals surface area contributed by atoms with E-state index in [0.29, 0.717) is 33.2 Å². The fraction of sp³-hybridized carbons (Fsp3) is 0.148. The third-order valence-corrected chi connectivity index (χ3v) is 6.85. The fourth-order valence-corrected chi connectivity index (χ4v) is 5.10. The van der Waals surface area contributed by atoms with Gasteiger partial charge in [0.1, 0.15) is 17.6 Å². The van der Waals surface area contributed by atoms with Crippen LogP contribution in [0.15, 0.2) is 89.5 Å². The lowest BCUT2D eigenvalue weighted by molar-refractivity contribution is -0.116. The highest BCUT2D eigenvalue weighted by Crippen LogP contribution is 2.41. The molecular weight excluding hydrogens is 515 g/mol. The molecule has 2 N–H and O–H groups in total. The molecule has 0 spiro atoms. The van der Waals surface area contributed by atoms with Gasteiger partial charge in [-0.25, -0.2) is 0 Å². The van der Waals surface area contributed by atoms with Crippen molar-refractivity contribution < 1.29 is 9.21 Å². The number of rotatable bonds is 7. The van der Waals surface area contributed by atoms with Gasteiger partial charge in [0.15, 0.2) is 5.11 Å². The molecule has 0 unspecified atom stereocenters. The first kappa shape index (κ1) is 24.3. The number of anilines is 1. The Kier molecular flexibility index (Phi) is 7.23. The number of hydrogen-bond acceptors (Lipinski definition) is 4. The molecule has 182 valence electrons. The van der Waals surface area contributed by atoms with E-state index >= 15 is 0 Å². The van der Waals surface area contributed by atoms with Gasteiger partial charge in [-0.2, -0.15) is 0 Å². The Morgan fingerprint density at radius 1 is 1.06 bits per heavy atom. The Hall–Kier alpha value is -3.39. The molecule has 0 bridgehead atoms. The zero-order valence-electron chi connectivity index (χ0n) is 19.0. The number of thiocarbonyl (C=S) groups is 1. The van der Waals surface area contributed by atoms with Gasteiger partial charge in [0, 0.05) is 35.4 Å². The van der Waals surface area contributed by atoms with Crippen molar-refractivity contribution in [1.82, 2.24) is 15.2 Å². The summed E-state index contributed by atoms with van der Waals surface area (Å²) in [5.41, 5.74) is 2.32. The van der Waals surface area contributed by atoms with Gasteiger partial charge < -0.3 is 20.0 Å². The van der Waals surface area contributed by atoms with Crippen molar-refractivity contribution in [2.75, 3.05) is 11.9 Å². The van der Waals surface area contributed by atoms with Crippen molar-refractivity contribution >= 4 is 52.1 Å². The molecule has 2 aromatic carbocycles. The first-order valence-electron chi connectivity index (χ1n) is 11.4. The van der Waals surface area contributed by atoms with Crippen molar-refractivity contribution in [3.63, 3.8) is 0 Å². The van der Waals surface area contributed by atoms with Crippen LogP contribution < -0.4 is 10.6 Å². The summed E-state index contributed by atoms with van der Waals surface area (Å²) in [6.45, 7) is 0.399. The van der Waals surface area contributed by atoms with Crippen molar-refractivity contribution in [3.8, 4) is 11.3 Å². The van der Waals surface area contributed by atoms with Crippen molar-refractivity contribution in [3.05, 3.63) is 107 Å². The number of amides is 1. The van der Waals surface area contributed by atoms with Gasteiger partial charge >= 0.3 is 0 Å². The number of aromatic nitrogens is 1. The molecule has 3 heterocycles. The van der Waals surface area contributed by atoms with Crippen molar-refractivity contribution in [1.29, 1.82) is 0 Å². The van der Waals surface area contributed by atoms with E-state index in [1.54, 1.807) is 18.3 Å². The number of carbonyl (C=O) groups excluding carboxylic acids is 1. The Balaban J connectivity index is 1.42. The van der Waals surface area contributed by atoms with Crippen LogP contribution in [-0.4, -0.2) is 27.4 Å². The molecule has 2 aromatic heterocycles. The topological polar surface area (TPSA) is 70.4 Å². The van der Waals surface area contributed by atoms with Gasteiger partial charge in [-0.05, 0) is 66.8 Å². The molecule has 1 amide bonds. The average Bonchev–Trinajstić information content (AvgIpc) is 3.48. The van der Waals surface area contributed by atoms with Crippen LogP contribution in [-0.2, 0) is 4.79 Å². The second-order valence-corrected chi connectivity index (χ2v) is 9.54. The van der Waals surface area contributed by atoms with E-state index in [9.17, 15) is 4.79 Å². The molecule has 0 radical (unpaired) electrons. The summed E-state index contributed by atoms with van der Waals surface area (Å²) in [5, 5.41) is 7.88. The summed E-state index contributed by atoms with van der Waals surface area (Å²) in [6, 6.07) is 23.6. The standard InChI is InChI=1S/C27H22Cl2N4O2S/c28-17-9-10-19(20(29)16-17)22-11-12-23(35-22)26-25(21-8-4-5-14-30-21)32-27(36)33(26)15-13-24(34)31-18-6-2-1-3-7-18/h1-12,14,16,25-26H,13,15H2,(H,31,34)(H,32,36)/t25-,26+/m1/s1. The number of carbonyl (C=O) groups is 1. The molecule has 1 fully saturated rings. The number of pyridine rings is 1. The molecule has 6 nitrogen and oxygen atoms in total. The molecule has 1 aliphatic heterocycles. The molecule has 1 aliphatic rings. The molecule has 4 aromatic rings. The first-order chi connectivity index (χ1) is 17.5. The van der Waals surface area contributed by atoms with Gasteiger partial charge in [0.25, 0.3) is 0 Å². The van der Waals surface area contributed by atoms with Crippen LogP contribution in [0.5, 0.6) is 0 Å². The van der Waals surface area contributed by atoms with Crippen molar-refractivity contribution in [2.24, 2.45) is 0 Å². The highest BCUT2D eigenvalue weighted by Gasteiger charge is 2.41. The number of halogens is 2. The van der Waals surface area contributed by atoms with E-state index in [-0.39, 0.29) is 24.4 Å². The average molecular weight is 537 g/mol. The van der Waals surface area contributed by atoms with E-state index < -0.39 is 0 Å². The molecular formula is C27H22Cl2N4O2S.